The number of ether oxygens (including phenoxy) is 1. The minimum absolute atomic E-state index is 0.0792. The largest absolute Gasteiger partial charge is 0.419 e. The Balaban J connectivity index is 1.22. The predicted octanol–water partition coefficient (Wildman–Crippen LogP) is 4.05. The smallest absolute Gasteiger partial charge is 0.410 e. The van der Waals surface area contributed by atoms with Crippen molar-refractivity contribution in [1.82, 2.24) is 10.2 Å². The van der Waals surface area contributed by atoms with Crippen molar-refractivity contribution in [2.24, 2.45) is 0 Å². The van der Waals surface area contributed by atoms with Crippen molar-refractivity contribution in [3.8, 4) is 5.75 Å². The van der Waals surface area contributed by atoms with Crippen LogP contribution in [0, 0.1) is 0 Å². The SMILES string of the molecule is CN1CCN(c2ccc(C(=O)NCCc3ccc(OC(=O)N(C)c4ccccc4)cc3)cc2)CC1. The van der Waals surface area contributed by atoms with E-state index in [1.165, 1.54) is 4.90 Å². The Morgan fingerprint density at radius 3 is 2.20 bits per heavy atom. The number of hydrogen-bond donors (Lipinski definition) is 1. The monoisotopic (exact) mass is 472 g/mol. The third-order valence-corrected chi connectivity index (χ3v) is 6.24. The minimum Gasteiger partial charge on any atom is -0.410 e. The van der Waals surface area contributed by atoms with Crippen molar-refractivity contribution in [2.75, 3.05) is 56.6 Å². The van der Waals surface area contributed by atoms with Crippen LogP contribution in [0.4, 0.5) is 16.2 Å². The van der Waals surface area contributed by atoms with Gasteiger partial charge in [0.1, 0.15) is 5.75 Å². The number of benzene rings is 3. The Bertz CT molecular complexity index is 1110. The molecule has 182 valence electrons. The van der Waals surface area contributed by atoms with Crippen molar-refractivity contribution < 1.29 is 14.3 Å². The molecule has 0 saturated carbocycles. The quantitative estimate of drug-likeness (QED) is 0.562. The Kier molecular flexibility index (Phi) is 8.00. The molecule has 1 aliphatic rings. The van der Waals surface area contributed by atoms with Gasteiger partial charge in [-0.25, -0.2) is 4.79 Å². The van der Waals surface area contributed by atoms with Gasteiger partial charge >= 0.3 is 6.09 Å². The molecule has 0 unspecified atom stereocenters. The summed E-state index contributed by atoms with van der Waals surface area (Å²) in [5.41, 5.74) is 3.63. The number of carbonyl (C=O) groups excluding carboxylic acids is 2. The molecule has 4 rings (SSSR count). The van der Waals surface area contributed by atoms with Crippen molar-refractivity contribution in [1.29, 1.82) is 0 Å². The van der Waals surface area contributed by atoms with E-state index < -0.39 is 6.09 Å². The number of nitrogens with one attached hydrogen (secondary N) is 1. The van der Waals surface area contributed by atoms with Crippen LogP contribution in [0.5, 0.6) is 5.75 Å². The van der Waals surface area contributed by atoms with Gasteiger partial charge in [0.15, 0.2) is 0 Å². The third kappa shape index (κ3) is 6.61. The first-order valence-electron chi connectivity index (χ1n) is 11.9. The molecule has 1 heterocycles. The van der Waals surface area contributed by atoms with Gasteiger partial charge < -0.3 is 19.9 Å². The molecule has 7 heteroatoms. The second-order valence-corrected chi connectivity index (χ2v) is 8.75. The standard InChI is InChI=1S/C28H32N4O3/c1-30-18-20-32(21-19-30)25-12-10-23(11-13-25)27(33)29-17-16-22-8-14-26(15-9-22)35-28(34)31(2)24-6-4-3-5-7-24/h3-15H,16-21H2,1-2H3,(H,29,33). The summed E-state index contributed by atoms with van der Waals surface area (Å²) in [5, 5.41) is 2.98. The van der Waals surface area contributed by atoms with Crippen LogP contribution in [-0.2, 0) is 6.42 Å². The molecule has 0 atom stereocenters. The Morgan fingerprint density at radius 1 is 0.886 bits per heavy atom. The Hall–Kier alpha value is -3.84. The zero-order valence-electron chi connectivity index (χ0n) is 20.3. The zero-order chi connectivity index (χ0) is 24.6. The fourth-order valence-electron chi connectivity index (χ4n) is 3.96. The summed E-state index contributed by atoms with van der Waals surface area (Å²) in [5.74, 6) is 0.399. The van der Waals surface area contributed by atoms with Gasteiger partial charge in [0.25, 0.3) is 5.91 Å². The summed E-state index contributed by atoms with van der Waals surface area (Å²) in [6.45, 7) is 4.63. The van der Waals surface area contributed by atoms with E-state index in [0.717, 1.165) is 43.1 Å². The molecule has 1 fully saturated rings. The second-order valence-electron chi connectivity index (χ2n) is 8.75. The van der Waals surface area contributed by atoms with Crippen LogP contribution in [0.2, 0.25) is 0 Å². The van der Waals surface area contributed by atoms with E-state index in [4.69, 9.17) is 4.74 Å². The molecular weight excluding hydrogens is 440 g/mol. The molecule has 2 amide bonds. The van der Waals surface area contributed by atoms with E-state index in [9.17, 15) is 9.59 Å². The highest BCUT2D eigenvalue weighted by molar-refractivity contribution is 5.94. The summed E-state index contributed by atoms with van der Waals surface area (Å²) in [6, 6.07) is 24.5. The number of piperazine rings is 1. The summed E-state index contributed by atoms with van der Waals surface area (Å²) >= 11 is 0. The van der Waals surface area contributed by atoms with E-state index in [1.807, 2.05) is 66.7 Å². The van der Waals surface area contributed by atoms with Gasteiger partial charge in [-0.15, -0.1) is 0 Å². The summed E-state index contributed by atoms with van der Waals surface area (Å²) in [4.78, 5) is 31.0. The van der Waals surface area contributed by atoms with E-state index in [1.54, 1.807) is 19.2 Å². The normalized spacial score (nSPS) is 13.8. The predicted molar refractivity (Wildman–Crippen MR) is 140 cm³/mol. The molecule has 0 radical (unpaired) electrons. The van der Waals surface area contributed by atoms with E-state index >= 15 is 0 Å². The van der Waals surface area contributed by atoms with Gasteiger partial charge in [-0.2, -0.15) is 0 Å². The summed E-state index contributed by atoms with van der Waals surface area (Å²) in [6.07, 6.45) is 0.235. The van der Waals surface area contributed by atoms with Gasteiger partial charge in [-0.05, 0) is 67.6 Å². The molecule has 1 aliphatic heterocycles. The van der Waals surface area contributed by atoms with Gasteiger partial charge in [-0.3, -0.25) is 9.69 Å². The average Bonchev–Trinajstić information content (AvgIpc) is 2.90. The van der Waals surface area contributed by atoms with Gasteiger partial charge in [0, 0.05) is 56.7 Å². The number of rotatable bonds is 7. The van der Waals surface area contributed by atoms with Gasteiger partial charge in [-0.1, -0.05) is 30.3 Å². The maximum atomic E-state index is 12.5. The molecular formula is C28H32N4O3. The molecule has 0 spiro atoms. The van der Waals surface area contributed by atoms with Crippen molar-refractivity contribution in [3.05, 3.63) is 90.0 Å². The van der Waals surface area contributed by atoms with Crippen molar-refractivity contribution in [3.63, 3.8) is 0 Å². The van der Waals surface area contributed by atoms with E-state index in [0.29, 0.717) is 24.3 Å². The maximum Gasteiger partial charge on any atom is 0.419 e. The van der Waals surface area contributed by atoms with Crippen LogP contribution in [0.3, 0.4) is 0 Å². The van der Waals surface area contributed by atoms with Crippen LogP contribution in [0.15, 0.2) is 78.9 Å². The lowest BCUT2D eigenvalue weighted by molar-refractivity contribution is 0.0954. The first-order chi connectivity index (χ1) is 17.0. The Morgan fingerprint density at radius 2 is 1.54 bits per heavy atom. The van der Waals surface area contributed by atoms with Crippen LogP contribution < -0.4 is 19.9 Å². The topological polar surface area (TPSA) is 65.1 Å². The van der Waals surface area contributed by atoms with Gasteiger partial charge in [0.2, 0.25) is 0 Å². The van der Waals surface area contributed by atoms with E-state index in [2.05, 4.69) is 22.2 Å². The second kappa shape index (κ2) is 11.5. The number of hydrogen-bond acceptors (Lipinski definition) is 5. The summed E-state index contributed by atoms with van der Waals surface area (Å²) in [7, 11) is 3.81. The van der Waals surface area contributed by atoms with Gasteiger partial charge in [0.05, 0.1) is 0 Å². The summed E-state index contributed by atoms with van der Waals surface area (Å²) < 4.78 is 5.46. The van der Waals surface area contributed by atoms with Crippen LogP contribution in [-0.4, -0.2) is 63.7 Å². The number of nitrogens with zero attached hydrogens (tertiary/aromatic N) is 3. The fourth-order valence-corrected chi connectivity index (χ4v) is 3.96. The number of carbonyl (C=O) groups is 2. The highest BCUT2D eigenvalue weighted by Crippen LogP contribution is 2.18. The lowest BCUT2D eigenvalue weighted by atomic mass is 10.1. The molecule has 7 nitrogen and oxygen atoms in total. The third-order valence-electron chi connectivity index (χ3n) is 6.24. The minimum atomic E-state index is -0.449. The highest BCUT2D eigenvalue weighted by atomic mass is 16.6. The lowest BCUT2D eigenvalue weighted by Crippen LogP contribution is -2.44. The maximum absolute atomic E-state index is 12.5. The molecule has 0 aliphatic carbocycles. The van der Waals surface area contributed by atoms with Crippen molar-refractivity contribution in [2.45, 2.75) is 6.42 Å². The first-order valence-corrected chi connectivity index (χ1v) is 11.9. The van der Waals surface area contributed by atoms with Crippen LogP contribution >= 0.6 is 0 Å². The zero-order valence-corrected chi connectivity index (χ0v) is 20.3. The lowest BCUT2D eigenvalue weighted by Gasteiger charge is -2.34. The molecule has 3 aromatic carbocycles. The van der Waals surface area contributed by atoms with Crippen molar-refractivity contribution >= 4 is 23.4 Å². The highest BCUT2D eigenvalue weighted by Gasteiger charge is 2.15. The van der Waals surface area contributed by atoms with Crippen LogP contribution in [0.25, 0.3) is 0 Å². The number of para-hydroxylation sites is 1. The number of likely N-dealkylation sites (N-methyl/N-ethyl adjacent to an activating group) is 1. The molecule has 35 heavy (non-hydrogen) atoms. The molecule has 3 aromatic rings. The van der Waals surface area contributed by atoms with E-state index in [-0.39, 0.29) is 5.91 Å². The Labute approximate surface area is 206 Å². The average molecular weight is 473 g/mol. The fraction of sp³-hybridized carbons (Fsp3) is 0.286. The molecule has 0 aromatic heterocycles. The molecule has 1 saturated heterocycles. The molecule has 0 bridgehead atoms. The molecule has 1 N–H and O–H groups in total. The number of amides is 2. The number of anilines is 2. The van der Waals surface area contributed by atoms with Crippen LogP contribution in [0.1, 0.15) is 15.9 Å². The first kappa shape index (κ1) is 24.3.